The van der Waals surface area contributed by atoms with Gasteiger partial charge in [-0.05, 0) is 13.3 Å². The summed E-state index contributed by atoms with van der Waals surface area (Å²) < 4.78 is 0. The predicted octanol–water partition coefficient (Wildman–Crippen LogP) is 0.304. The van der Waals surface area contributed by atoms with Gasteiger partial charge >= 0.3 is 0 Å². The molecule has 0 aliphatic rings. The van der Waals surface area contributed by atoms with Crippen molar-refractivity contribution in [3.63, 3.8) is 0 Å². The molecule has 8 heavy (non-hydrogen) atoms. The van der Waals surface area contributed by atoms with E-state index < -0.39 is 12.2 Å². The fourth-order valence-electron chi connectivity index (χ4n) is 0.368. The van der Waals surface area contributed by atoms with Crippen molar-refractivity contribution in [3.8, 4) is 0 Å². The molecule has 0 bridgehead atoms. The summed E-state index contributed by atoms with van der Waals surface area (Å²) in [5, 5.41) is 17.5. The van der Waals surface area contributed by atoms with Crippen molar-refractivity contribution in [1.82, 2.24) is 0 Å². The van der Waals surface area contributed by atoms with Gasteiger partial charge in [-0.25, -0.2) is 0 Å². The smallest absolute Gasteiger partial charge is 0.0830 e. The Morgan fingerprint density at radius 3 is 2.25 bits per heavy atom. The molecule has 0 amide bonds. The number of aliphatic hydroxyl groups excluding tert-OH is 2. The second-order valence-electron chi connectivity index (χ2n) is 1.83. The molecule has 0 spiro atoms. The zero-order chi connectivity index (χ0) is 6.57. The Bertz CT molecular complexity index is 68.9. The molecule has 0 aromatic rings. The van der Waals surface area contributed by atoms with E-state index in [1.54, 1.807) is 13.0 Å². The first-order valence-corrected chi connectivity index (χ1v) is 2.65. The van der Waals surface area contributed by atoms with Crippen molar-refractivity contribution < 1.29 is 10.2 Å². The predicted molar refractivity (Wildman–Crippen MR) is 32.5 cm³/mol. The molecule has 2 nitrogen and oxygen atoms in total. The maximum absolute atomic E-state index is 8.81. The molecular formula is C6H12O2. The fraction of sp³-hybridized carbons (Fsp3) is 0.667. The van der Waals surface area contributed by atoms with Gasteiger partial charge in [0.25, 0.3) is 0 Å². The van der Waals surface area contributed by atoms with E-state index in [1.165, 1.54) is 0 Å². The van der Waals surface area contributed by atoms with Crippen LogP contribution in [0.3, 0.4) is 0 Å². The average Bonchev–Trinajstić information content (AvgIpc) is 1.67. The molecule has 0 heterocycles. The Hall–Kier alpha value is -0.340. The Balaban J connectivity index is 3.30. The van der Waals surface area contributed by atoms with Gasteiger partial charge < -0.3 is 10.2 Å². The quantitative estimate of drug-likeness (QED) is 0.521. The van der Waals surface area contributed by atoms with Crippen LogP contribution in [0.25, 0.3) is 0 Å². The molecule has 2 N–H and O–H groups in total. The van der Waals surface area contributed by atoms with Crippen molar-refractivity contribution in [2.45, 2.75) is 25.6 Å². The van der Waals surface area contributed by atoms with Gasteiger partial charge in [0.2, 0.25) is 0 Å². The lowest BCUT2D eigenvalue weighted by atomic mass is 10.2. The summed E-state index contributed by atoms with van der Waals surface area (Å²) in [5.41, 5.74) is 0. The van der Waals surface area contributed by atoms with E-state index in [-0.39, 0.29) is 0 Å². The van der Waals surface area contributed by atoms with Gasteiger partial charge in [-0.2, -0.15) is 0 Å². The van der Waals surface area contributed by atoms with E-state index in [4.69, 9.17) is 10.2 Å². The zero-order valence-corrected chi connectivity index (χ0v) is 5.04. The van der Waals surface area contributed by atoms with Crippen molar-refractivity contribution in [2.75, 3.05) is 0 Å². The van der Waals surface area contributed by atoms with Crippen LogP contribution in [0.15, 0.2) is 12.7 Å². The van der Waals surface area contributed by atoms with Crippen LogP contribution in [0.5, 0.6) is 0 Å². The van der Waals surface area contributed by atoms with E-state index in [0.717, 1.165) is 0 Å². The third-order valence-electron chi connectivity index (χ3n) is 0.965. The highest BCUT2D eigenvalue weighted by molar-refractivity contribution is 4.74. The number of hydrogen-bond acceptors (Lipinski definition) is 2. The van der Waals surface area contributed by atoms with Crippen LogP contribution in [-0.2, 0) is 0 Å². The molecule has 0 fully saturated rings. The fourth-order valence-corrected chi connectivity index (χ4v) is 0.368. The van der Waals surface area contributed by atoms with E-state index in [9.17, 15) is 0 Å². The maximum Gasteiger partial charge on any atom is 0.0830 e. The first-order valence-electron chi connectivity index (χ1n) is 2.65. The summed E-state index contributed by atoms with van der Waals surface area (Å²) in [6.45, 7) is 4.96. The number of rotatable bonds is 3. The highest BCUT2D eigenvalue weighted by atomic mass is 16.3. The van der Waals surface area contributed by atoms with E-state index in [0.29, 0.717) is 6.42 Å². The summed E-state index contributed by atoms with van der Waals surface area (Å²) >= 11 is 0. The van der Waals surface area contributed by atoms with Crippen LogP contribution in [0.1, 0.15) is 13.3 Å². The minimum Gasteiger partial charge on any atom is -0.391 e. The average molecular weight is 116 g/mol. The second-order valence-corrected chi connectivity index (χ2v) is 1.83. The standard InChI is InChI=1S/C6H12O2/c1-3-4-6(8)5(2)7/h3,5-8H,1,4H2,2H3/t5-,6-/m0/s1. The summed E-state index contributed by atoms with van der Waals surface area (Å²) in [6.07, 6.45) is 0.746. The first kappa shape index (κ1) is 7.66. The van der Waals surface area contributed by atoms with Gasteiger partial charge in [0.1, 0.15) is 0 Å². The zero-order valence-electron chi connectivity index (χ0n) is 5.04. The summed E-state index contributed by atoms with van der Waals surface area (Å²) in [4.78, 5) is 0. The van der Waals surface area contributed by atoms with Crippen LogP contribution in [0.4, 0.5) is 0 Å². The molecule has 48 valence electrons. The number of hydrogen-bond donors (Lipinski definition) is 2. The third kappa shape index (κ3) is 2.77. The van der Waals surface area contributed by atoms with Gasteiger partial charge in [-0.15, -0.1) is 6.58 Å². The third-order valence-corrected chi connectivity index (χ3v) is 0.965. The van der Waals surface area contributed by atoms with Crippen molar-refractivity contribution >= 4 is 0 Å². The Labute approximate surface area is 49.5 Å². The Morgan fingerprint density at radius 2 is 2.12 bits per heavy atom. The molecule has 0 saturated carbocycles. The molecule has 0 radical (unpaired) electrons. The van der Waals surface area contributed by atoms with Gasteiger partial charge in [-0.3, -0.25) is 0 Å². The topological polar surface area (TPSA) is 40.5 Å². The summed E-state index contributed by atoms with van der Waals surface area (Å²) in [6, 6.07) is 0. The molecule has 0 rings (SSSR count). The van der Waals surface area contributed by atoms with E-state index in [2.05, 4.69) is 6.58 Å². The second kappa shape index (κ2) is 3.64. The molecule has 2 atom stereocenters. The van der Waals surface area contributed by atoms with Gasteiger partial charge in [0, 0.05) is 0 Å². The van der Waals surface area contributed by atoms with Crippen molar-refractivity contribution in [2.24, 2.45) is 0 Å². The lowest BCUT2D eigenvalue weighted by molar-refractivity contribution is 0.0337. The van der Waals surface area contributed by atoms with Crippen LogP contribution >= 0.6 is 0 Å². The maximum atomic E-state index is 8.81. The van der Waals surface area contributed by atoms with Crippen molar-refractivity contribution in [3.05, 3.63) is 12.7 Å². The largest absolute Gasteiger partial charge is 0.391 e. The Morgan fingerprint density at radius 1 is 1.62 bits per heavy atom. The minimum atomic E-state index is -0.646. The summed E-state index contributed by atoms with van der Waals surface area (Å²) in [7, 11) is 0. The Kier molecular flexibility index (Phi) is 3.48. The number of aliphatic hydroxyl groups is 2. The van der Waals surface area contributed by atoms with E-state index in [1.807, 2.05) is 0 Å². The van der Waals surface area contributed by atoms with Gasteiger partial charge in [0.15, 0.2) is 0 Å². The minimum absolute atomic E-state index is 0.456. The summed E-state index contributed by atoms with van der Waals surface area (Å²) in [5.74, 6) is 0. The van der Waals surface area contributed by atoms with Crippen LogP contribution in [0.2, 0.25) is 0 Å². The molecule has 0 saturated heterocycles. The monoisotopic (exact) mass is 116 g/mol. The van der Waals surface area contributed by atoms with Crippen LogP contribution in [-0.4, -0.2) is 22.4 Å². The van der Waals surface area contributed by atoms with Crippen LogP contribution in [0, 0.1) is 0 Å². The first-order chi connectivity index (χ1) is 3.68. The molecule has 0 aromatic heterocycles. The molecule has 0 unspecified atom stereocenters. The molecule has 0 aliphatic heterocycles. The highest BCUT2D eigenvalue weighted by Gasteiger charge is 2.06. The van der Waals surface area contributed by atoms with E-state index >= 15 is 0 Å². The molecular weight excluding hydrogens is 104 g/mol. The van der Waals surface area contributed by atoms with Gasteiger partial charge in [0.05, 0.1) is 12.2 Å². The normalized spacial score (nSPS) is 17.4. The van der Waals surface area contributed by atoms with Crippen LogP contribution < -0.4 is 0 Å². The lowest BCUT2D eigenvalue weighted by Crippen LogP contribution is -2.21. The molecule has 0 aromatic carbocycles. The molecule has 2 heteroatoms. The molecule has 0 aliphatic carbocycles. The highest BCUT2D eigenvalue weighted by Crippen LogP contribution is 1.96. The van der Waals surface area contributed by atoms with Crippen molar-refractivity contribution in [1.29, 1.82) is 0 Å². The lowest BCUT2D eigenvalue weighted by Gasteiger charge is -2.09. The van der Waals surface area contributed by atoms with Gasteiger partial charge in [-0.1, -0.05) is 6.08 Å². The SMILES string of the molecule is C=CC[C@H](O)[C@H](C)O.